The van der Waals surface area contributed by atoms with Gasteiger partial charge in [0.1, 0.15) is 18.5 Å². The summed E-state index contributed by atoms with van der Waals surface area (Å²) in [6.07, 6.45) is 3.28. The van der Waals surface area contributed by atoms with Crippen LogP contribution in [0.4, 0.5) is 5.82 Å². The summed E-state index contributed by atoms with van der Waals surface area (Å²) in [5.74, 6) is 0.670. The zero-order valence-corrected chi connectivity index (χ0v) is 17.7. The molecule has 1 unspecified atom stereocenters. The number of aliphatic hydroxyl groups excluding tert-OH is 1. The average Bonchev–Trinajstić information content (AvgIpc) is 3.15. The summed E-state index contributed by atoms with van der Waals surface area (Å²) in [5, 5.41) is 19.8. The standard InChI is InChI=1S/C24H26N4O3/c1-16-18(3-4-19-20(16)13-31-23(19)30)21(29)12-27-8-6-24(7-9-27)14-28(15-24)22-5-2-17(10-25)11-26-22/h2-5,11,21,29H,6-9,12-15H2,1H3. The Balaban J connectivity index is 1.16. The molecule has 7 heteroatoms. The number of carbonyl (C=O) groups is 1. The lowest BCUT2D eigenvalue weighted by Gasteiger charge is -2.54. The number of β-amino-alcohol motifs (C(OH)–C–C–N with tert-alkyl or cyclic N) is 1. The van der Waals surface area contributed by atoms with Gasteiger partial charge in [0.05, 0.1) is 17.2 Å². The van der Waals surface area contributed by atoms with Crippen LogP contribution in [0.1, 0.15) is 51.6 Å². The summed E-state index contributed by atoms with van der Waals surface area (Å²) in [7, 11) is 0. The number of anilines is 1. The van der Waals surface area contributed by atoms with Gasteiger partial charge >= 0.3 is 5.97 Å². The minimum absolute atomic E-state index is 0.272. The van der Waals surface area contributed by atoms with Gasteiger partial charge in [-0.05, 0) is 62.2 Å². The van der Waals surface area contributed by atoms with Gasteiger partial charge in [0.25, 0.3) is 0 Å². The Bertz CT molecular complexity index is 1040. The average molecular weight is 418 g/mol. The van der Waals surface area contributed by atoms with Crippen LogP contribution in [0, 0.1) is 23.7 Å². The molecule has 0 amide bonds. The van der Waals surface area contributed by atoms with E-state index in [1.807, 2.05) is 25.1 Å². The number of ether oxygens (including phenoxy) is 1. The van der Waals surface area contributed by atoms with Crippen LogP contribution < -0.4 is 4.90 Å². The molecule has 2 saturated heterocycles. The summed E-state index contributed by atoms with van der Waals surface area (Å²) in [4.78, 5) is 20.8. The van der Waals surface area contributed by atoms with Crippen molar-refractivity contribution in [3.63, 3.8) is 0 Å². The Morgan fingerprint density at radius 1 is 1.26 bits per heavy atom. The molecule has 2 fully saturated rings. The maximum absolute atomic E-state index is 11.7. The first-order chi connectivity index (χ1) is 15.0. The van der Waals surface area contributed by atoms with Gasteiger partial charge in [0.15, 0.2) is 0 Å². The molecule has 1 atom stereocenters. The Hall–Kier alpha value is -2.95. The summed E-state index contributed by atoms with van der Waals surface area (Å²) < 4.78 is 5.13. The number of esters is 1. The van der Waals surface area contributed by atoms with E-state index >= 15 is 0 Å². The van der Waals surface area contributed by atoms with Crippen LogP contribution in [-0.2, 0) is 11.3 Å². The predicted molar refractivity (Wildman–Crippen MR) is 115 cm³/mol. The Morgan fingerprint density at radius 3 is 2.71 bits per heavy atom. The van der Waals surface area contributed by atoms with Crippen LogP contribution in [0.25, 0.3) is 0 Å². The number of hydrogen-bond donors (Lipinski definition) is 1. The third-order valence-corrected chi connectivity index (χ3v) is 7.17. The Labute approximate surface area is 181 Å². The molecule has 0 aliphatic carbocycles. The lowest BCUT2D eigenvalue weighted by atomic mass is 9.72. The van der Waals surface area contributed by atoms with Gasteiger partial charge in [-0.1, -0.05) is 6.07 Å². The lowest BCUT2D eigenvalue weighted by Crippen LogP contribution is -2.60. The fraction of sp³-hybridized carbons (Fsp3) is 0.458. The normalized spacial score (nSPS) is 20.7. The molecule has 0 bridgehead atoms. The van der Waals surface area contributed by atoms with Gasteiger partial charge in [-0.2, -0.15) is 5.26 Å². The molecule has 4 heterocycles. The molecule has 3 aliphatic rings. The van der Waals surface area contributed by atoms with E-state index in [0.717, 1.165) is 61.5 Å². The predicted octanol–water partition coefficient (Wildman–Crippen LogP) is 2.57. The Morgan fingerprint density at radius 2 is 2.03 bits per heavy atom. The third kappa shape index (κ3) is 3.56. The second-order valence-corrected chi connectivity index (χ2v) is 9.07. The second kappa shape index (κ2) is 7.63. The smallest absolute Gasteiger partial charge is 0.338 e. The molecule has 0 radical (unpaired) electrons. The number of cyclic esters (lactones) is 1. The van der Waals surface area contributed by atoms with Crippen LogP contribution in [0.2, 0.25) is 0 Å². The molecule has 1 aromatic carbocycles. The van der Waals surface area contributed by atoms with Crippen LogP contribution in [0.15, 0.2) is 30.5 Å². The SMILES string of the molecule is Cc1c(C(O)CN2CCC3(CC2)CN(c2ccc(C#N)cn2)C3)ccc2c1COC2=O. The number of nitrogens with zero attached hydrogens (tertiary/aromatic N) is 4. The van der Waals surface area contributed by atoms with Crippen molar-refractivity contribution < 1.29 is 14.6 Å². The van der Waals surface area contributed by atoms with E-state index in [4.69, 9.17) is 10.00 Å². The molecule has 1 N–H and O–H groups in total. The van der Waals surface area contributed by atoms with Crippen molar-refractivity contribution in [1.82, 2.24) is 9.88 Å². The number of hydrogen-bond acceptors (Lipinski definition) is 7. The first-order valence-electron chi connectivity index (χ1n) is 10.8. The molecule has 3 aliphatic heterocycles. The highest BCUT2D eigenvalue weighted by atomic mass is 16.5. The fourth-order valence-electron chi connectivity index (χ4n) is 5.16. The molecule has 0 saturated carbocycles. The topological polar surface area (TPSA) is 89.7 Å². The number of benzene rings is 1. The maximum atomic E-state index is 11.7. The van der Waals surface area contributed by atoms with E-state index < -0.39 is 6.10 Å². The summed E-state index contributed by atoms with van der Waals surface area (Å²) in [6, 6.07) is 9.50. The minimum Gasteiger partial charge on any atom is -0.457 e. The zero-order valence-electron chi connectivity index (χ0n) is 17.7. The highest BCUT2D eigenvalue weighted by molar-refractivity contribution is 5.93. The third-order valence-electron chi connectivity index (χ3n) is 7.17. The van der Waals surface area contributed by atoms with E-state index in [9.17, 15) is 9.90 Å². The number of pyridine rings is 1. The van der Waals surface area contributed by atoms with Crippen molar-refractivity contribution in [1.29, 1.82) is 5.26 Å². The molecule has 1 spiro atoms. The summed E-state index contributed by atoms with van der Waals surface area (Å²) >= 11 is 0. The molecular formula is C24H26N4O3. The van der Waals surface area contributed by atoms with Gasteiger partial charge in [0.2, 0.25) is 0 Å². The lowest BCUT2D eigenvalue weighted by molar-refractivity contribution is 0.0424. The number of nitriles is 1. The molecular weight excluding hydrogens is 392 g/mol. The van der Waals surface area contributed by atoms with Crippen LogP contribution in [-0.4, -0.2) is 53.7 Å². The van der Waals surface area contributed by atoms with E-state index in [-0.39, 0.29) is 5.97 Å². The van der Waals surface area contributed by atoms with Gasteiger partial charge in [0, 0.05) is 36.8 Å². The van der Waals surface area contributed by atoms with Crippen LogP contribution in [0.3, 0.4) is 0 Å². The zero-order chi connectivity index (χ0) is 21.6. The maximum Gasteiger partial charge on any atom is 0.338 e. The largest absolute Gasteiger partial charge is 0.457 e. The van der Waals surface area contributed by atoms with Crippen LogP contribution in [0.5, 0.6) is 0 Å². The highest BCUT2D eigenvalue weighted by Gasteiger charge is 2.45. The van der Waals surface area contributed by atoms with Crippen molar-refractivity contribution in [3.05, 3.63) is 58.3 Å². The minimum atomic E-state index is -0.573. The summed E-state index contributed by atoms with van der Waals surface area (Å²) in [5.41, 5.74) is 4.30. The first kappa shape index (κ1) is 20.0. The van der Waals surface area contributed by atoms with Gasteiger partial charge in [-0.25, -0.2) is 9.78 Å². The van der Waals surface area contributed by atoms with Crippen molar-refractivity contribution in [2.45, 2.75) is 32.5 Å². The quantitative estimate of drug-likeness (QED) is 0.763. The van der Waals surface area contributed by atoms with Crippen molar-refractivity contribution in [3.8, 4) is 6.07 Å². The molecule has 5 rings (SSSR count). The first-order valence-corrected chi connectivity index (χ1v) is 10.8. The van der Waals surface area contributed by atoms with Gasteiger partial charge < -0.3 is 19.6 Å². The van der Waals surface area contributed by atoms with Crippen LogP contribution >= 0.6 is 0 Å². The molecule has 2 aromatic rings. The number of likely N-dealkylation sites (tertiary alicyclic amines) is 1. The Kier molecular flexibility index (Phi) is 4.92. The van der Waals surface area contributed by atoms with E-state index in [2.05, 4.69) is 20.9 Å². The number of piperidine rings is 1. The fourth-order valence-corrected chi connectivity index (χ4v) is 5.16. The number of carbonyl (C=O) groups excluding carboxylic acids is 1. The second-order valence-electron chi connectivity index (χ2n) is 9.07. The monoisotopic (exact) mass is 418 g/mol. The van der Waals surface area contributed by atoms with E-state index in [0.29, 0.717) is 29.7 Å². The molecule has 7 nitrogen and oxygen atoms in total. The van der Waals surface area contributed by atoms with Gasteiger partial charge in [-0.15, -0.1) is 0 Å². The molecule has 160 valence electrons. The highest BCUT2D eigenvalue weighted by Crippen LogP contribution is 2.42. The number of aliphatic hydroxyl groups is 1. The number of rotatable bonds is 4. The van der Waals surface area contributed by atoms with Gasteiger partial charge in [-0.3, -0.25) is 0 Å². The van der Waals surface area contributed by atoms with E-state index in [1.54, 1.807) is 12.3 Å². The molecule has 1 aromatic heterocycles. The van der Waals surface area contributed by atoms with E-state index in [1.165, 1.54) is 0 Å². The van der Waals surface area contributed by atoms with Crippen molar-refractivity contribution >= 4 is 11.8 Å². The molecule has 31 heavy (non-hydrogen) atoms. The van der Waals surface area contributed by atoms with Crippen molar-refractivity contribution in [2.75, 3.05) is 37.6 Å². The number of fused-ring (bicyclic) bond motifs is 1. The summed E-state index contributed by atoms with van der Waals surface area (Å²) in [6.45, 7) is 6.81. The number of aromatic nitrogens is 1. The van der Waals surface area contributed by atoms with Crippen molar-refractivity contribution in [2.24, 2.45) is 5.41 Å².